The topological polar surface area (TPSA) is 43.8 Å². The van der Waals surface area contributed by atoms with Gasteiger partial charge in [-0.25, -0.2) is 4.68 Å². The van der Waals surface area contributed by atoms with Gasteiger partial charge < -0.3 is 5.73 Å². The number of nitrogens with zero attached hydrogens (tertiary/aromatic N) is 2. The second kappa shape index (κ2) is 4.88. The van der Waals surface area contributed by atoms with Crippen LogP contribution in [0.4, 0.5) is 5.82 Å². The first-order valence-electron chi connectivity index (χ1n) is 4.91. The average molecular weight is 335 g/mol. The molecule has 0 fully saturated rings. The van der Waals surface area contributed by atoms with Crippen molar-refractivity contribution in [2.45, 2.75) is 13.5 Å². The Morgan fingerprint density at radius 2 is 2.12 bits per heavy atom. The van der Waals surface area contributed by atoms with E-state index in [0.717, 1.165) is 15.7 Å². The van der Waals surface area contributed by atoms with Crippen LogP contribution in [-0.4, -0.2) is 9.78 Å². The van der Waals surface area contributed by atoms with E-state index in [4.69, 9.17) is 28.9 Å². The van der Waals surface area contributed by atoms with Gasteiger partial charge in [0.15, 0.2) is 0 Å². The number of halogens is 3. The molecular formula is C11H10BrCl2N3. The van der Waals surface area contributed by atoms with Gasteiger partial charge >= 0.3 is 0 Å². The van der Waals surface area contributed by atoms with Gasteiger partial charge in [-0.2, -0.15) is 5.10 Å². The highest BCUT2D eigenvalue weighted by Crippen LogP contribution is 2.26. The maximum absolute atomic E-state index is 6.02. The van der Waals surface area contributed by atoms with E-state index in [1.54, 1.807) is 4.68 Å². The number of aromatic nitrogens is 2. The first-order chi connectivity index (χ1) is 7.99. The van der Waals surface area contributed by atoms with Gasteiger partial charge in [0.05, 0.1) is 17.3 Å². The third-order valence-electron chi connectivity index (χ3n) is 2.41. The molecule has 17 heavy (non-hydrogen) atoms. The van der Waals surface area contributed by atoms with Gasteiger partial charge in [-0.05, 0) is 40.5 Å². The van der Waals surface area contributed by atoms with Crippen molar-refractivity contribution in [3.63, 3.8) is 0 Å². The smallest absolute Gasteiger partial charge is 0.141 e. The van der Waals surface area contributed by atoms with E-state index >= 15 is 0 Å². The van der Waals surface area contributed by atoms with Gasteiger partial charge in [0.1, 0.15) is 10.8 Å². The molecule has 0 unspecified atom stereocenters. The summed E-state index contributed by atoms with van der Waals surface area (Å²) >= 11 is 15.3. The summed E-state index contributed by atoms with van der Waals surface area (Å²) in [5.74, 6) is 0.475. The quantitative estimate of drug-likeness (QED) is 0.905. The number of aryl methyl sites for hydroxylation is 1. The van der Waals surface area contributed by atoms with Gasteiger partial charge in [-0.1, -0.05) is 29.3 Å². The Labute approximate surface area is 118 Å². The van der Waals surface area contributed by atoms with Crippen molar-refractivity contribution in [1.82, 2.24) is 9.78 Å². The molecule has 0 spiro atoms. The SMILES string of the molecule is Cc1nn(Cc2ccc(Br)c(Cl)c2)c(N)c1Cl. The minimum atomic E-state index is 0.475. The third kappa shape index (κ3) is 2.59. The fraction of sp³-hybridized carbons (Fsp3) is 0.182. The fourth-order valence-corrected chi connectivity index (χ4v) is 2.09. The van der Waals surface area contributed by atoms with Crippen LogP contribution in [0, 0.1) is 6.92 Å². The number of anilines is 1. The standard InChI is InChI=1S/C11H10BrCl2N3/c1-6-10(14)11(15)17(16-6)5-7-2-3-8(12)9(13)4-7/h2-4H,5,15H2,1H3. The molecule has 0 amide bonds. The summed E-state index contributed by atoms with van der Waals surface area (Å²) in [6.45, 7) is 2.37. The van der Waals surface area contributed by atoms with Crippen molar-refractivity contribution in [2.24, 2.45) is 0 Å². The summed E-state index contributed by atoms with van der Waals surface area (Å²) in [5, 5.41) is 5.43. The highest BCUT2D eigenvalue weighted by molar-refractivity contribution is 9.10. The molecule has 0 atom stereocenters. The lowest BCUT2D eigenvalue weighted by Crippen LogP contribution is -2.06. The summed E-state index contributed by atoms with van der Waals surface area (Å²) in [5.41, 5.74) is 7.59. The molecular weight excluding hydrogens is 325 g/mol. The zero-order valence-corrected chi connectivity index (χ0v) is 12.1. The van der Waals surface area contributed by atoms with E-state index in [-0.39, 0.29) is 0 Å². The van der Waals surface area contributed by atoms with E-state index in [0.29, 0.717) is 22.4 Å². The minimum absolute atomic E-state index is 0.475. The van der Waals surface area contributed by atoms with Crippen LogP contribution in [0.1, 0.15) is 11.3 Å². The highest BCUT2D eigenvalue weighted by atomic mass is 79.9. The van der Waals surface area contributed by atoms with E-state index in [1.807, 2.05) is 25.1 Å². The van der Waals surface area contributed by atoms with Crippen LogP contribution in [0.25, 0.3) is 0 Å². The Morgan fingerprint density at radius 3 is 2.65 bits per heavy atom. The van der Waals surface area contributed by atoms with Gasteiger partial charge in [0, 0.05) is 4.47 Å². The average Bonchev–Trinajstić information content (AvgIpc) is 2.52. The van der Waals surface area contributed by atoms with E-state index < -0.39 is 0 Å². The van der Waals surface area contributed by atoms with Gasteiger partial charge in [-0.15, -0.1) is 0 Å². The molecule has 90 valence electrons. The lowest BCUT2D eigenvalue weighted by Gasteiger charge is -2.05. The second-order valence-electron chi connectivity index (χ2n) is 3.69. The van der Waals surface area contributed by atoms with Crippen LogP contribution in [-0.2, 0) is 6.54 Å². The first-order valence-corrected chi connectivity index (χ1v) is 6.46. The number of hydrogen-bond acceptors (Lipinski definition) is 2. The van der Waals surface area contributed by atoms with Crippen LogP contribution in [0.3, 0.4) is 0 Å². The van der Waals surface area contributed by atoms with Crippen LogP contribution in [0.5, 0.6) is 0 Å². The van der Waals surface area contributed by atoms with Crippen LogP contribution in [0.15, 0.2) is 22.7 Å². The van der Waals surface area contributed by atoms with Crippen molar-refractivity contribution < 1.29 is 0 Å². The molecule has 3 nitrogen and oxygen atoms in total. The maximum Gasteiger partial charge on any atom is 0.141 e. The van der Waals surface area contributed by atoms with Crippen LogP contribution < -0.4 is 5.73 Å². The molecule has 0 bridgehead atoms. The molecule has 1 heterocycles. The molecule has 0 aliphatic rings. The van der Waals surface area contributed by atoms with Gasteiger partial charge in [0.25, 0.3) is 0 Å². The van der Waals surface area contributed by atoms with Crippen molar-refractivity contribution in [3.05, 3.63) is 44.0 Å². The zero-order chi connectivity index (χ0) is 12.6. The summed E-state index contributed by atoms with van der Waals surface area (Å²) in [7, 11) is 0. The van der Waals surface area contributed by atoms with Crippen molar-refractivity contribution in [3.8, 4) is 0 Å². The zero-order valence-electron chi connectivity index (χ0n) is 9.04. The van der Waals surface area contributed by atoms with Crippen molar-refractivity contribution >= 4 is 44.9 Å². The molecule has 0 saturated heterocycles. The highest BCUT2D eigenvalue weighted by Gasteiger charge is 2.10. The van der Waals surface area contributed by atoms with E-state index in [2.05, 4.69) is 21.0 Å². The molecule has 0 aliphatic heterocycles. The number of benzene rings is 1. The van der Waals surface area contributed by atoms with Gasteiger partial charge in [0.2, 0.25) is 0 Å². The molecule has 1 aromatic carbocycles. The fourth-order valence-electron chi connectivity index (χ4n) is 1.51. The molecule has 0 saturated carbocycles. The number of rotatable bonds is 2. The Morgan fingerprint density at radius 1 is 1.41 bits per heavy atom. The lowest BCUT2D eigenvalue weighted by molar-refractivity contribution is 0.689. The molecule has 0 aliphatic carbocycles. The third-order valence-corrected chi connectivity index (χ3v) is 4.11. The van der Waals surface area contributed by atoms with Crippen LogP contribution >= 0.6 is 39.1 Å². The molecule has 2 rings (SSSR count). The Balaban J connectivity index is 2.31. The number of nitrogen functional groups attached to an aromatic ring is 1. The normalized spacial score (nSPS) is 10.8. The molecule has 0 radical (unpaired) electrons. The Bertz CT molecular complexity index is 566. The summed E-state index contributed by atoms with van der Waals surface area (Å²) in [4.78, 5) is 0. The number of nitrogens with two attached hydrogens (primary N) is 1. The Hall–Kier alpha value is -0.710. The largest absolute Gasteiger partial charge is 0.383 e. The Kier molecular flexibility index (Phi) is 3.66. The van der Waals surface area contributed by atoms with Gasteiger partial charge in [-0.3, -0.25) is 0 Å². The minimum Gasteiger partial charge on any atom is -0.383 e. The predicted octanol–water partition coefficient (Wildman–Crippen LogP) is 3.89. The van der Waals surface area contributed by atoms with E-state index in [1.165, 1.54) is 0 Å². The molecule has 1 aromatic heterocycles. The summed E-state index contributed by atoms with van der Waals surface area (Å²) in [6.07, 6.45) is 0. The molecule has 6 heteroatoms. The maximum atomic E-state index is 6.02. The van der Waals surface area contributed by atoms with E-state index in [9.17, 15) is 0 Å². The predicted molar refractivity (Wildman–Crippen MR) is 74.6 cm³/mol. The lowest BCUT2D eigenvalue weighted by atomic mass is 10.2. The first kappa shape index (κ1) is 12.7. The number of hydrogen-bond donors (Lipinski definition) is 1. The van der Waals surface area contributed by atoms with Crippen molar-refractivity contribution in [2.75, 3.05) is 5.73 Å². The van der Waals surface area contributed by atoms with Crippen LogP contribution in [0.2, 0.25) is 10.0 Å². The molecule has 2 N–H and O–H groups in total. The summed E-state index contributed by atoms with van der Waals surface area (Å²) in [6, 6.07) is 5.72. The summed E-state index contributed by atoms with van der Waals surface area (Å²) < 4.78 is 2.53. The molecule has 2 aromatic rings. The van der Waals surface area contributed by atoms with Crippen molar-refractivity contribution in [1.29, 1.82) is 0 Å². The monoisotopic (exact) mass is 333 g/mol. The second-order valence-corrected chi connectivity index (χ2v) is 5.33.